The van der Waals surface area contributed by atoms with E-state index >= 15 is 0 Å². The van der Waals surface area contributed by atoms with E-state index in [2.05, 4.69) is 92.1 Å². The van der Waals surface area contributed by atoms with Crippen LogP contribution in [0.4, 0.5) is 0 Å². The molecule has 14 heteroatoms. The Bertz CT molecular complexity index is 1710. The first-order chi connectivity index (χ1) is 40.6. The Morgan fingerprint density at radius 1 is 0.446 bits per heavy atom. The van der Waals surface area contributed by atoms with Gasteiger partial charge in [0.15, 0.2) is 12.6 Å². The third-order valence-corrected chi connectivity index (χ3v) is 15.8. The van der Waals surface area contributed by atoms with Crippen molar-refractivity contribution in [2.75, 3.05) is 19.8 Å². The normalized spacial score (nSPS) is 24.4. The molecule has 2 fully saturated rings. The molecule has 2 aliphatic heterocycles. The Kier molecular flexibility index (Phi) is 49.1. The summed E-state index contributed by atoms with van der Waals surface area (Å²) in [5.41, 5.74) is 0. The quantitative estimate of drug-likeness (QED) is 0.0204. The number of hydrogen-bond donors (Lipinski definition) is 9. The first kappa shape index (κ1) is 76.3. The van der Waals surface area contributed by atoms with E-state index < -0.39 is 86.8 Å². The molecule has 0 bridgehead atoms. The van der Waals surface area contributed by atoms with Crippen LogP contribution < -0.4 is 5.32 Å². The molecule has 14 nitrogen and oxygen atoms in total. The second kappa shape index (κ2) is 53.4. The maximum absolute atomic E-state index is 13.3. The highest BCUT2D eigenvalue weighted by atomic mass is 16.7. The number of unbranched alkanes of at least 4 members (excludes halogenated alkanes) is 28. The smallest absolute Gasteiger partial charge is 0.220 e. The van der Waals surface area contributed by atoms with Crippen molar-refractivity contribution in [3.63, 3.8) is 0 Å². The Labute approximate surface area is 503 Å². The zero-order valence-corrected chi connectivity index (χ0v) is 51.9. The number of carbonyl (C=O) groups excluding carboxylic acids is 1. The number of ether oxygens (including phenoxy) is 4. The van der Waals surface area contributed by atoms with Gasteiger partial charge in [-0.15, -0.1) is 0 Å². The van der Waals surface area contributed by atoms with E-state index in [9.17, 15) is 45.6 Å². The summed E-state index contributed by atoms with van der Waals surface area (Å²) in [6.45, 7) is 2.68. The molecular formula is C69H121NO13. The zero-order chi connectivity index (χ0) is 60.2. The monoisotopic (exact) mass is 1170 g/mol. The van der Waals surface area contributed by atoms with Gasteiger partial charge >= 0.3 is 0 Å². The number of hydrogen-bond acceptors (Lipinski definition) is 13. The van der Waals surface area contributed by atoms with Crippen LogP contribution in [0.1, 0.15) is 251 Å². The van der Waals surface area contributed by atoms with Crippen LogP contribution in [0.15, 0.2) is 85.1 Å². The molecule has 0 spiro atoms. The average Bonchev–Trinajstić information content (AvgIpc) is 3.65. The van der Waals surface area contributed by atoms with Gasteiger partial charge in [0.05, 0.1) is 32.0 Å². The molecule has 1 amide bonds. The molecule has 0 aromatic rings. The van der Waals surface area contributed by atoms with Crippen molar-refractivity contribution in [1.29, 1.82) is 0 Å². The van der Waals surface area contributed by atoms with Gasteiger partial charge in [-0.05, 0) is 77.0 Å². The second-order valence-corrected chi connectivity index (χ2v) is 23.2. The predicted octanol–water partition coefficient (Wildman–Crippen LogP) is 12.8. The number of aliphatic hydroxyl groups is 8. The van der Waals surface area contributed by atoms with Crippen molar-refractivity contribution in [3.8, 4) is 0 Å². The van der Waals surface area contributed by atoms with Gasteiger partial charge in [-0.1, -0.05) is 253 Å². The molecule has 0 aliphatic carbocycles. The Morgan fingerprint density at radius 2 is 0.843 bits per heavy atom. The van der Waals surface area contributed by atoms with Crippen LogP contribution in [-0.2, 0) is 23.7 Å². The highest BCUT2D eigenvalue weighted by molar-refractivity contribution is 5.76. The molecule has 0 radical (unpaired) electrons. The molecule has 2 saturated heterocycles. The van der Waals surface area contributed by atoms with Gasteiger partial charge in [0.2, 0.25) is 5.91 Å². The van der Waals surface area contributed by atoms with Crippen LogP contribution in [0.3, 0.4) is 0 Å². The molecule has 2 rings (SSSR count). The third-order valence-electron chi connectivity index (χ3n) is 15.8. The number of amides is 1. The van der Waals surface area contributed by atoms with Gasteiger partial charge in [-0.25, -0.2) is 0 Å². The van der Waals surface area contributed by atoms with E-state index in [0.29, 0.717) is 12.8 Å². The second-order valence-electron chi connectivity index (χ2n) is 23.2. The average molecular weight is 1170 g/mol. The molecule has 480 valence electrons. The van der Waals surface area contributed by atoms with Gasteiger partial charge in [-0.3, -0.25) is 4.79 Å². The topological polar surface area (TPSA) is 228 Å². The first-order valence-electron chi connectivity index (χ1n) is 33.3. The van der Waals surface area contributed by atoms with Crippen molar-refractivity contribution in [2.45, 2.75) is 325 Å². The molecular weight excluding hydrogens is 1050 g/mol. The summed E-state index contributed by atoms with van der Waals surface area (Å²) in [5, 5.41) is 87.3. The maximum atomic E-state index is 13.3. The molecule has 2 heterocycles. The van der Waals surface area contributed by atoms with Crippen molar-refractivity contribution < 1.29 is 64.6 Å². The van der Waals surface area contributed by atoms with Gasteiger partial charge in [-0.2, -0.15) is 0 Å². The lowest BCUT2D eigenvalue weighted by Crippen LogP contribution is -2.65. The standard InChI is InChI=1S/C69H121NO13/c1-3-5-7-9-11-13-15-17-19-21-23-25-26-27-28-29-30-31-32-33-35-37-39-41-43-45-47-49-51-53-61(74)70-57(58(73)52-50-48-46-44-42-40-38-36-34-24-22-20-18-16-14-12-10-8-6-4-2)56-80-68-66(79)64(77)67(60(55-72)82-68)83-69-65(78)63(76)62(75)59(54-71)81-69/h5,7,11,13,17,19,23,25,27-28,42,44,50,52,57-60,62-69,71-73,75-79H,3-4,6,8-10,12,14-16,18,20-22,24,26,29-41,43,45-49,51,53-56H2,1-2H3,(H,70,74)/b7-5-,13-11-,19-17-,25-23-,28-27-,44-42+,52-50+. The molecule has 83 heavy (non-hydrogen) atoms. The summed E-state index contributed by atoms with van der Waals surface area (Å²) in [4.78, 5) is 13.3. The largest absolute Gasteiger partial charge is 0.394 e. The van der Waals surface area contributed by atoms with Gasteiger partial charge < -0.3 is 65.1 Å². The van der Waals surface area contributed by atoms with Crippen molar-refractivity contribution in [1.82, 2.24) is 5.32 Å². The van der Waals surface area contributed by atoms with E-state index in [1.54, 1.807) is 6.08 Å². The van der Waals surface area contributed by atoms with Crippen LogP contribution in [0.5, 0.6) is 0 Å². The molecule has 12 unspecified atom stereocenters. The van der Waals surface area contributed by atoms with Crippen LogP contribution in [0, 0.1) is 0 Å². The fraction of sp³-hybridized carbons (Fsp3) is 0.783. The molecule has 2 aliphatic rings. The van der Waals surface area contributed by atoms with Crippen LogP contribution in [0.25, 0.3) is 0 Å². The fourth-order valence-corrected chi connectivity index (χ4v) is 10.5. The highest BCUT2D eigenvalue weighted by Crippen LogP contribution is 2.30. The summed E-state index contributed by atoms with van der Waals surface area (Å²) in [6.07, 6.45) is 56.3. The lowest BCUT2D eigenvalue weighted by molar-refractivity contribution is -0.359. The molecule has 9 N–H and O–H groups in total. The Balaban J connectivity index is 1.71. The van der Waals surface area contributed by atoms with E-state index in [1.807, 2.05) is 6.08 Å². The summed E-state index contributed by atoms with van der Waals surface area (Å²) in [6, 6.07) is -0.937. The van der Waals surface area contributed by atoms with Crippen LogP contribution >= 0.6 is 0 Å². The summed E-state index contributed by atoms with van der Waals surface area (Å²) in [5.74, 6) is -0.252. The van der Waals surface area contributed by atoms with Crippen molar-refractivity contribution in [2.24, 2.45) is 0 Å². The van der Waals surface area contributed by atoms with Crippen LogP contribution in [0.2, 0.25) is 0 Å². The summed E-state index contributed by atoms with van der Waals surface area (Å²) >= 11 is 0. The van der Waals surface area contributed by atoms with E-state index in [1.165, 1.54) is 148 Å². The molecule has 0 aromatic heterocycles. The number of rotatable bonds is 53. The maximum Gasteiger partial charge on any atom is 0.220 e. The Morgan fingerprint density at radius 3 is 1.33 bits per heavy atom. The van der Waals surface area contributed by atoms with Gasteiger partial charge in [0.25, 0.3) is 0 Å². The Hall–Kier alpha value is -2.83. The lowest BCUT2D eigenvalue weighted by Gasteiger charge is -2.46. The van der Waals surface area contributed by atoms with Gasteiger partial charge in [0, 0.05) is 6.42 Å². The lowest BCUT2D eigenvalue weighted by atomic mass is 9.97. The molecule has 0 aromatic carbocycles. The zero-order valence-electron chi connectivity index (χ0n) is 51.9. The van der Waals surface area contributed by atoms with E-state index in [4.69, 9.17) is 18.9 Å². The molecule has 0 saturated carbocycles. The highest BCUT2D eigenvalue weighted by Gasteiger charge is 2.51. The minimum absolute atomic E-state index is 0.252. The number of carbonyl (C=O) groups is 1. The van der Waals surface area contributed by atoms with Crippen molar-refractivity contribution >= 4 is 5.91 Å². The SMILES string of the molecule is CC/C=C\C/C=C\C/C=C\C/C=C\C/C=C\CCCCCCCCCCCCCCCC(=O)NC(COC1OC(CO)C(OC2OC(CO)C(O)C(O)C2O)C(O)C1O)C(O)/C=C/CC/C=C/CCCCCCCCCCCCCCCC. The predicted molar refractivity (Wildman–Crippen MR) is 336 cm³/mol. The van der Waals surface area contributed by atoms with E-state index in [-0.39, 0.29) is 18.9 Å². The minimum atomic E-state index is -1.79. The fourth-order valence-electron chi connectivity index (χ4n) is 10.5. The van der Waals surface area contributed by atoms with Crippen molar-refractivity contribution in [3.05, 3.63) is 85.1 Å². The minimum Gasteiger partial charge on any atom is -0.394 e. The summed E-state index contributed by atoms with van der Waals surface area (Å²) in [7, 11) is 0. The van der Waals surface area contributed by atoms with Crippen LogP contribution in [-0.4, -0.2) is 140 Å². The summed E-state index contributed by atoms with van der Waals surface area (Å²) < 4.78 is 22.8. The first-order valence-corrected chi connectivity index (χ1v) is 33.3. The van der Waals surface area contributed by atoms with E-state index in [0.717, 1.165) is 70.6 Å². The number of allylic oxidation sites excluding steroid dienone is 13. The third kappa shape index (κ3) is 38.1. The number of aliphatic hydroxyl groups excluding tert-OH is 8. The van der Waals surface area contributed by atoms with Gasteiger partial charge in [0.1, 0.15) is 48.8 Å². The molecule has 12 atom stereocenters. The number of nitrogens with one attached hydrogen (secondary N) is 1.